The van der Waals surface area contributed by atoms with Gasteiger partial charge >= 0.3 is 0 Å². The van der Waals surface area contributed by atoms with Gasteiger partial charge in [0, 0.05) is 28.5 Å². The zero-order chi connectivity index (χ0) is 13.9. The zero-order valence-corrected chi connectivity index (χ0v) is 13.1. The van der Waals surface area contributed by atoms with E-state index in [1.54, 1.807) is 0 Å². The summed E-state index contributed by atoms with van der Waals surface area (Å²) < 4.78 is 1.09. The Hall–Kier alpha value is -1.36. The maximum atomic E-state index is 4.51. The van der Waals surface area contributed by atoms with E-state index in [9.17, 15) is 0 Å². The quantitative estimate of drug-likeness (QED) is 0.905. The highest BCUT2D eigenvalue weighted by Crippen LogP contribution is 2.17. The third-order valence-electron chi connectivity index (χ3n) is 2.74. The van der Waals surface area contributed by atoms with Gasteiger partial charge in [-0.05, 0) is 24.3 Å². The van der Waals surface area contributed by atoms with Crippen molar-refractivity contribution in [3.63, 3.8) is 0 Å². The highest BCUT2D eigenvalue weighted by molar-refractivity contribution is 9.10. The Morgan fingerprint density at radius 3 is 2.47 bits per heavy atom. The Morgan fingerprint density at radius 2 is 1.89 bits per heavy atom. The van der Waals surface area contributed by atoms with Crippen LogP contribution in [-0.4, -0.2) is 21.7 Å². The van der Waals surface area contributed by atoms with Gasteiger partial charge in [-0.1, -0.05) is 36.7 Å². The lowest BCUT2D eigenvalue weighted by Crippen LogP contribution is -2.13. The predicted molar refractivity (Wildman–Crippen MR) is 81.4 cm³/mol. The molecule has 2 N–H and O–H groups in total. The van der Waals surface area contributed by atoms with Crippen molar-refractivity contribution in [1.82, 2.24) is 15.2 Å². The van der Waals surface area contributed by atoms with Crippen LogP contribution in [0.2, 0.25) is 0 Å². The van der Waals surface area contributed by atoms with E-state index in [2.05, 4.69) is 57.2 Å². The van der Waals surface area contributed by atoms with Gasteiger partial charge in [0.2, 0.25) is 0 Å². The second kappa shape index (κ2) is 5.74. The molecular formula is C14H19BrN4. The number of rotatable bonds is 4. The van der Waals surface area contributed by atoms with E-state index in [0.717, 1.165) is 34.8 Å². The predicted octanol–water partition coefficient (Wildman–Crippen LogP) is 3.52. The second-order valence-corrected chi connectivity index (χ2v) is 6.46. The molecule has 0 saturated carbocycles. The van der Waals surface area contributed by atoms with E-state index in [1.807, 2.05) is 24.3 Å². The number of anilines is 1. The largest absolute Gasteiger partial charge is 0.385 e. The van der Waals surface area contributed by atoms with Gasteiger partial charge < -0.3 is 5.32 Å². The monoisotopic (exact) mass is 322 g/mol. The summed E-state index contributed by atoms with van der Waals surface area (Å²) in [7, 11) is 0. The van der Waals surface area contributed by atoms with Gasteiger partial charge in [0.05, 0.1) is 0 Å². The van der Waals surface area contributed by atoms with Crippen molar-refractivity contribution >= 4 is 21.6 Å². The maximum absolute atomic E-state index is 4.51. The van der Waals surface area contributed by atoms with Crippen molar-refractivity contribution in [2.24, 2.45) is 0 Å². The van der Waals surface area contributed by atoms with Crippen molar-refractivity contribution in [2.75, 3.05) is 11.9 Å². The smallest absolute Gasteiger partial charge is 0.155 e. The molecule has 5 heteroatoms. The number of benzene rings is 1. The van der Waals surface area contributed by atoms with Gasteiger partial charge in [0.15, 0.2) is 5.82 Å². The number of H-pyrrole nitrogens is 1. The van der Waals surface area contributed by atoms with Crippen LogP contribution in [-0.2, 0) is 11.8 Å². The topological polar surface area (TPSA) is 53.6 Å². The Labute approximate surface area is 122 Å². The van der Waals surface area contributed by atoms with Crippen molar-refractivity contribution in [3.05, 3.63) is 40.4 Å². The Bertz CT molecular complexity index is 525. The molecule has 0 radical (unpaired) electrons. The Balaban J connectivity index is 1.86. The fraction of sp³-hybridized carbons (Fsp3) is 0.429. The first-order valence-electron chi connectivity index (χ1n) is 6.36. The van der Waals surface area contributed by atoms with Crippen molar-refractivity contribution in [3.8, 4) is 0 Å². The highest BCUT2D eigenvalue weighted by atomic mass is 79.9. The molecule has 2 aromatic rings. The molecule has 0 amide bonds. The summed E-state index contributed by atoms with van der Waals surface area (Å²) in [4.78, 5) is 4.51. The highest BCUT2D eigenvalue weighted by Gasteiger charge is 2.18. The first-order valence-corrected chi connectivity index (χ1v) is 7.15. The summed E-state index contributed by atoms with van der Waals surface area (Å²) in [6.45, 7) is 7.17. The van der Waals surface area contributed by atoms with E-state index < -0.39 is 0 Å². The van der Waals surface area contributed by atoms with Crippen LogP contribution in [0, 0.1) is 0 Å². The lowest BCUT2D eigenvalue weighted by molar-refractivity contribution is 0.547. The maximum Gasteiger partial charge on any atom is 0.155 e. The van der Waals surface area contributed by atoms with Crippen molar-refractivity contribution in [2.45, 2.75) is 32.6 Å². The number of hydrogen-bond acceptors (Lipinski definition) is 3. The molecule has 0 spiro atoms. The Morgan fingerprint density at radius 1 is 1.21 bits per heavy atom. The molecule has 1 aromatic heterocycles. The van der Waals surface area contributed by atoms with Crippen LogP contribution >= 0.6 is 15.9 Å². The summed E-state index contributed by atoms with van der Waals surface area (Å²) in [5.74, 6) is 1.79. The normalized spacial score (nSPS) is 11.6. The molecule has 1 aromatic carbocycles. The van der Waals surface area contributed by atoms with Gasteiger partial charge in [-0.3, -0.25) is 5.10 Å². The van der Waals surface area contributed by atoms with Crippen LogP contribution in [0.25, 0.3) is 0 Å². The zero-order valence-electron chi connectivity index (χ0n) is 11.5. The van der Waals surface area contributed by atoms with E-state index in [1.165, 1.54) is 0 Å². The number of aromatic nitrogens is 3. The van der Waals surface area contributed by atoms with Crippen LogP contribution < -0.4 is 5.32 Å². The van der Waals surface area contributed by atoms with Gasteiger partial charge in [-0.25, -0.2) is 4.98 Å². The number of hydrogen-bond donors (Lipinski definition) is 2. The van der Waals surface area contributed by atoms with Crippen LogP contribution in [0.4, 0.5) is 5.69 Å². The molecule has 1 heterocycles. The molecule has 0 bridgehead atoms. The minimum Gasteiger partial charge on any atom is -0.385 e. The number of nitrogens with zero attached hydrogens (tertiary/aromatic N) is 2. The van der Waals surface area contributed by atoms with Gasteiger partial charge in [0.1, 0.15) is 5.82 Å². The molecule has 0 atom stereocenters. The third-order valence-corrected chi connectivity index (χ3v) is 3.27. The van der Waals surface area contributed by atoms with Crippen LogP contribution in [0.15, 0.2) is 28.7 Å². The van der Waals surface area contributed by atoms with E-state index in [0.29, 0.717) is 0 Å². The van der Waals surface area contributed by atoms with Crippen LogP contribution in [0.3, 0.4) is 0 Å². The molecule has 0 fully saturated rings. The standard InChI is InChI=1S/C14H19BrN4/c1-14(2,3)13-17-12(18-19-13)8-9-16-11-6-4-10(15)5-7-11/h4-7,16H,8-9H2,1-3H3,(H,17,18,19). The summed E-state index contributed by atoms with van der Waals surface area (Å²) in [5.41, 5.74) is 1.10. The third kappa shape index (κ3) is 4.06. The molecule has 102 valence electrons. The molecule has 0 aliphatic heterocycles. The summed E-state index contributed by atoms with van der Waals surface area (Å²) in [6, 6.07) is 8.14. The van der Waals surface area contributed by atoms with Crippen molar-refractivity contribution < 1.29 is 0 Å². The lowest BCUT2D eigenvalue weighted by atomic mass is 9.96. The van der Waals surface area contributed by atoms with Crippen molar-refractivity contribution in [1.29, 1.82) is 0 Å². The molecule has 19 heavy (non-hydrogen) atoms. The average Bonchev–Trinajstić information content (AvgIpc) is 2.80. The van der Waals surface area contributed by atoms with Crippen LogP contribution in [0.1, 0.15) is 32.4 Å². The fourth-order valence-electron chi connectivity index (χ4n) is 1.64. The van der Waals surface area contributed by atoms with Gasteiger partial charge in [-0.15, -0.1) is 0 Å². The molecule has 0 saturated heterocycles. The number of nitrogens with one attached hydrogen (secondary N) is 2. The number of aromatic amines is 1. The lowest BCUT2D eigenvalue weighted by Gasteiger charge is -2.11. The van der Waals surface area contributed by atoms with E-state index in [-0.39, 0.29) is 5.41 Å². The second-order valence-electron chi connectivity index (χ2n) is 5.54. The summed E-state index contributed by atoms with van der Waals surface area (Å²) in [5, 5.41) is 10.6. The summed E-state index contributed by atoms with van der Waals surface area (Å²) >= 11 is 3.42. The van der Waals surface area contributed by atoms with Crippen LogP contribution in [0.5, 0.6) is 0 Å². The Kier molecular flexibility index (Phi) is 4.24. The molecule has 0 aliphatic carbocycles. The number of halogens is 1. The van der Waals surface area contributed by atoms with Gasteiger partial charge in [-0.2, -0.15) is 5.10 Å². The minimum absolute atomic E-state index is 0.00607. The molecule has 2 rings (SSSR count). The van der Waals surface area contributed by atoms with Gasteiger partial charge in [0.25, 0.3) is 0 Å². The van der Waals surface area contributed by atoms with E-state index >= 15 is 0 Å². The first kappa shape index (κ1) is 14.1. The molecule has 0 aliphatic rings. The first-order chi connectivity index (χ1) is 8.95. The summed E-state index contributed by atoms with van der Waals surface area (Å²) in [6.07, 6.45) is 0.832. The molecule has 4 nitrogen and oxygen atoms in total. The fourth-order valence-corrected chi connectivity index (χ4v) is 1.90. The molecular weight excluding hydrogens is 304 g/mol. The SMILES string of the molecule is CC(C)(C)c1n[nH]c(CCNc2ccc(Br)cc2)n1. The minimum atomic E-state index is -0.00607. The van der Waals surface area contributed by atoms with E-state index in [4.69, 9.17) is 0 Å². The molecule has 0 unspecified atom stereocenters. The average molecular weight is 323 g/mol.